The van der Waals surface area contributed by atoms with Gasteiger partial charge in [-0.25, -0.2) is 4.98 Å². The molecule has 1 aliphatic heterocycles. The number of likely N-dealkylation sites (tertiary alicyclic amines) is 1. The van der Waals surface area contributed by atoms with E-state index in [0.717, 1.165) is 36.2 Å². The Balaban J connectivity index is 1.44. The van der Waals surface area contributed by atoms with Crippen molar-refractivity contribution in [3.8, 4) is 0 Å². The van der Waals surface area contributed by atoms with Gasteiger partial charge in [-0.15, -0.1) is 0 Å². The number of amides is 3. The number of imidazole rings is 1. The number of carbonyl (C=O) groups excluding carboxylic acids is 3. The number of anilines is 2. The zero-order valence-electron chi connectivity index (χ0n) is 18.4. The zero-order chi connectivity index (χ0) is 22.7. The average molecular weight is 434 g/mol. The van der Waals surface area contributed by atoms with Gasteiger partial charge in [0, 0.05) is 56.8 Å². The molecule has 3 amide bonds. The quantitative estimate of drug-likeness (QED) is 0.623. The average Bonchev–Trinajstić information content (AvgIpc) is 3.08. The summed E-state index contributed by atoms with van der Waals surface area (Å²) in [5.74, 6) is 0.742. The van der Waals surface area contributed by atoms with Crippen LogP contribution in [-0.4, -0.2) is 45.3 Å². The third-order valence-corrected chi connectivity index (χ3v) is 5.73. The van der Waals surface area contributed by atoms with Crippen molar-refractivity contribution in [3.05, 3.63) is 53.9 Å². The fourth-order valence-electron chi connectivity index (χ4n) is 4.00. The molecule has 0 unspecified atom stereocenters. The Bertz CT molecular complexity index is 1170. The number of aromatic nitrogens is 2. The lowest BCUT2D eigenvalue weighted by atomic mass is 10.1. The highest BCUT2D eigenvalue weighted by molar-refractivity contribution is 6.05. The Hall–Kier alpha value is -3.68. The largest absolute Gasteiger partial charge is 0.342 e. The maximum absolute atomic E-state index is 12.6. The Morgan fingerprint density at radius 1 is 1.03 bits per heavy atom. The van der Waals surface area contributed by atoms with Gasteiger partial charge in [0.05, 0.1) is 11.0 Å². The van der Waals surface area contributed by atoms with Crippen molar-refractivity contribution in [2.75, 3.05) is 23.7 Å². The molecule has 8 nitrogen and oxygen atoms in total. The monoisotopic (exact) mass is 433 g/mol. The standard InChI is InChI=1S/C24H27N5O3/c1-16(30)25-18-8-6-17(7-9-18)24(32)26-19-10-11-21-20(15-19)27-22(28(21)2)12-14-29-13-4-3-5-23(29)31/h6-11,15H,3-5,12-14H2,1-2H3,(H,25,30)(H,26,32). The lowest BCUT2D eigenvalue weighted by Crippen LogP contribution is -2.36. The SMILES string of the molecule is CC(=O)Nc1ccc(C(=O)Nc2ccc3c(c2)nc(CCN2CCCCC2=O)n3C)cc1. The highest BCUT2D eigenvalue weighted by Gasteiger charge is 2.19. The van der Waals surface area contributed by atoms with Crippen LogP contribution in [0.15, 0.2) is 42.5 Å². The van der Waals surface area contributed by atoms with Crippen molar-refractivity contribution in [2.45, 2.75) is 32.6 Å². The van der Waals surface area contributed by atoms with Gasteiger partial charge < -0.3 is 20.1 Å². The fraction of sp³-hybridized carbons (Fsp3) is 0.333. The molecule has 0 aliphatic carbocycles. The van der Waals surface area contributed by atoms with E-state index in [1.54, 1.807) is 24.3 Å². The maximum atomic E-state index is 12.6. The summed E-state index contributed by atoms with van der Waals surface area (Å²) >= 11 is 0. The maximum Gasteiger partial charge on any atom is 0.255 e. The Morgan fingerprint density at radius 3 is 2.50 bits per heavy atom. The molecular weight excluding hydrogens is 406 g/mol. The number of benzene rings is 2. The molecule has 1 aromatic heterocycles. The first kappa shape index (κ1) is 21.5. The van der Waals surface area contributed by atoms with Gasteiger partial charge in [0.2, 0.25) is 11.8 Å². The second kappa shape index (κ2) is 9.21. The minimum absolute atomic E-state index is 0.159. The molecule has 2 heterocycles. The second-order valence-corrected chi connectivity index (χ2v) is 8.09. The number of aryl methyl sites for hydroxylation is 1. The first-order valence-corrected chi connectivity index (χ1v) is 10.8. The number of piperidine rings is 1. The minimum atomic E-state index is -0.238. The molecule has 2 N–H and O–H groups in total. The van der Waals surface area contributed by atoms with Crippen LogP contribution in [0.5, 0.6) is 0 Å². The van der Waals surface area contributed by atoms with Gasteiger partial charge in [0.25, 0.3) is 5.91 Å². The van der Waals surface area contributed by atoms with Crippen LogP contribution in [0.4, 0.5) is 11.4 Å². The molecule has 0 saturated carbocycles. The summed E-state index contributed by atoms with van der Waals surface area (Å²) in [7, 11) is 1.97. The predicted molar refractivity (Wildman–Crippen MR) is 124 cm³/mol. The van der Waals surface area contributed by atoms with E-state index in [1.807, 2.05) is 34.7 Å². The molecule has 166 valence electrons. The van der Waals surface area contributed by atoms with Gasteiger partial charge in [0.15, 0.2) is 0 Å². The number of hydrogen-bond acceptors (Lipinski definition) is 4. The molecule has 0 atom stereocenters. The van der Waals surface area contributed by atoms with Crippen molar-refractivity contribution in [1.82, 2.24) is 14.5 Å². The van der Waals surface area contributed by atoms with Crippen LogP contribution in [0.1, 0.15) is 42.4 Å². The van der Waals surface area contributed by atoms with Crippen LogP contribution in [0, 0.1) is 0 Å². The molecule has 32 heavy (non-hydrogen) atoms. The van der Waals surface area contributed by atoms with Crippen molar-refractivity contribution in [1.29, 1.82) is 0 Å². The molecular formula is C24H27N5O3. The van der Waals surface area contributed by atoms with Crippen molar-refractivity contribution in [3.63, 3.8) is 0 Å². The van der Waals surface area contributed by atoms with Crippen LogP contribution in [-0.2, 0) is 23.1 Å². The number of nitrogens with zero attached hydrogens (tertiary/aromatic N) is 3. The van der Waals surface area contributed by atoms with Gasteiger partial charge in [0.1, 0.15) is 5.82 Å². The van der Waals surface area contributed by atoms with Gasteiger partial charge in [-0.1, -0.05) is 0 Å². The summed E-state index contributed by atoms with van der Waals surface area (Å²) in [6, 6.07) is 12.4. The minimum Gasteiger partial charge on any atom is -0.342 e. The van der Waals surface area contributed by atoms with E-state index in [2.05, 4.69) is 10.6 Å². The van der Waals surface area contributed by atoms with Crippen LogP contribution < -0.4 is 10.6 Å². The summed E-state index contributed by atoms with van der Waals surface area (Å²) < 4.78 is 2.04. The van der Waals surface area contributed by atoms with Gasteiger partial charge in [-0.3, -0.25) is 14.4 Å². The summed E-state index contributed by atoms with van der Waals surface area (Å²) in [4.78, 5) is 42.4. The van der Waals surface area contributed by atoms with E-state index >= 15 is 0 Å². The molecule has 1 aliphatic rings. The fourth-order valence-corrected chi connectivity index (χ4v) is 4.00. The topological polar surface area (TPSA) is 96.3 Å². The summed E-state index contributed by atoms with van der Waals surface area (Å²) in [5.41, 5.74) is 3.56. The van der Waals surface area contributed by atoms with Crippen LogP contribution >= 0.6 is 0 Å². The highest BCUT2D eigenvalue weighted by Crippen LogP contribution is 2.21. The molecule has 3 aromatic rings. The lowest BCUT2D eigenvalue weighted by Gasteiger charge is -2.26. The van der Waals surface area contributed by atoms with E-state index in [4.69, 9.17) is 4.98 Å². The van der Waals surface area contributed by atoms with Crippen LogP contribution in [0.2, 0.25) is 0 Å². The van der Waals surface area contributed by atoms with E-state index in [1.165, 1.54) is 6.92 Å². The van der Waals surface area contributed by atoms with E-state index in [-0.39, 0.29) is 17.7 Å². The number of carbonyl (C=O) groups is 3. The second-order valence-electron chi connectivity index (χ2n) is 8.09. The zero-order valence-corrected chi connectivity index (χ0v) is 18.4. The van der Waals surface area contributed by atoms with Crippen LogP contribution in [0.25, 0.3) is 11.0 Å². The van der Waals surface area contributed by atoms with Crippen molar-refractivity contribution >= 4 is 40.1 Å². The molecule has 0 radical (unpaired) electrons. The summed E-state index contributed by atoms with van der Waals surface area (Å²) in [5, 5.41) is 5.58. The Kier molecular flexibility index (Phi) is 6.20. The summed E-state index contributed by atoms with van der Waals surface area (Å²) in [6.07, 6.45) is 3.38. The normalized spacial score (nSPS) is 13.9. The first-order valence-electron chi connectivity index (χ1n) is 10.8. The van der Waals surface area contributed by atoms with Gasteiger partial charge >= 0.3 is 0 Å². The Labute approximate surface area is 186 Å². The molecule has 0 spiro atoms. The molecule has 8 heteroatoms. The lowest BCUT2D eigenvalue weighted by molar-refractivity contribution is -0.133. The van der Waals surface area contributed by atoms with Crippen molar-refractivity contribution in [2.24, 2.45) is 7.05 Å². The third kappa shape index (κ3) is 4.80. The molecule has 4 rings (SSSR count). The van der Waals surface area contributed by atoms with E-state index in [0.29, 0.717) is 36.3 Å². The van der Waals surface area contributed by atoms with Gasteiger partial charge in [-0.05, 0) is 55.3 Å². The molecule has 0 bridgehead atoms. The van der Waals surface area contributed by atoms with Gasteiger partial charge in [-0.2, -0.15) is 0 Å². The predicted octanol–water partition coefficient (Wildman–Crippen LogP) is 3.34. The summed E-state index contributed by atoms with van der Waals surface area (Å²) in [6.45, 7) is 2.94. The number of rotatable bonds is 6. The molecule has 2 aromatic carbocycles. The van der Waals surface area contributed by atoms with E-state index in [9.17, 15) is 14.4 Å². The van der Waals surface area contributed by atoms with E-state index < -0.39 is 0 Å². The molecule has 1 saturated heterocycles. The van der Waals surface area contributed by atoms with Crippen molar-refractivity contribution < 1.29 is 14.4 Å². The van der Waals surface area contributed by atoms with Crippen LogP contribution in [0.3, 0.4) is 0 Å². The third-order valence-electron chi connectivity index (χ3n) is 5.73. The number of hydrogen-bond donors (Lipinski definition) is 2. The Morgan fingerprint density at radius 2 is 1.78 bits per heavy atom. The smallest absolute Gasteiger partial charge is 0.255 e. The first-order chi connectivity index (χ1) is 15.4. The highest BCUT2D eigenvalue weighted by atomic mass is 16.2. The molecule has 1 fully saturated rings. The number of nitrogens with one attached hydrogen (secondary N) is 2. The number of fused-ring (bicyclic) bond motifs is 1.